The summed E-state index contributed by atoms with van der Waals surface area (Å²) in [6, 6.07) is 11.2. The fourth-order valence-corrected chi connectivity index (χ4v) is 2.85. The molecule has 178 valence electrons. The number of esters is 2. The molecule has 1 atom stereocenters. The van der Waals surface area contributed by atoms with Crippen molar-refractivity contribution < 1.29 is 38.5 Å². The predicted octanol–water partition coefficient (Wildman–Crippen LogP) is 2.10. The van der Waals surface area contributed by atoms with Gasteiger partial charge in [-0.3, -0.25) is 14.4 Å². The molecule has 2 aromatic rings. The van der Waals surface area contributed by atoms with E-state index in [0.717, 1.165) is 27.0 Å². The van der Waals surface area contributed by atoms with E-state index in [9.17, 15) is 24.5 Å². The highest BCUT2D eigenvalue weighted by Gasteiger charge is 2.21. The minimum absolute atomic E-state index is 0.0836. The van der Waals surface area contributed by atoms with Gasteiger partial charge in [0, 0.05) is 13.5 Å². The van der Waals surface area contributed by atoms with Crippen LogP contribution >= 0.6 is 0 Å². The van der Waals surface area contributed by atoms with Crippen molar-refractivity contribution in [3.05, 3.63) is 52.1 Å². The number of ether oxygens (including phenoxy) is 3. The number of fused-ring (bicyclic) bond motifs is 1. The summed E-state index contributed by atoms with van der Waals surface area (Å²) in [6.07, 6.45) is 0.141. The lowest BCUT2D eigenvalue weighted by molar-refractivity contribution is -0.757. The molecule has 0 N–H and O–H groups in total. The number of carbonyl (C=O) groups excluding carboxylic acids is 3. The Kier molecular flexibility index (Phi) is 9.40. The van der Waals surface area contributed by atoms with E-state index < -0.39 is 35.5 Å². The highest BCUT2D eigenvalue weighted by molar-refractivity contribution is 5.88. The quantitative estimate of drug-likeness (QED) is 0.201. The van der Waals surface area contributed by atoms with Gasteiger partial charge in [0.05, 0.1) is 26.2 Å². The van der Waals surface area contributed by atoms with Gasteiger partial charge in [-0.25, -0.2) is 0 Å². The summed E-state index contributed by atoms with van der Waals surface area (Å²) in [5.74, 6) is -1.70. The molecule has 0 bridgehead atoms. The lowest BCUT2D eigenvalue weighted by Gasteiger charge is -2.17. The number of amides is 1. The molecule has 0 unspecified atom stereocenters. The van der Waals surface area contributed by atoms with E-state index in [1.807, 2.05) is 36.4 Å². The number of hydrogen-bond donors (Lipinski definition) is 0. The molecule has 0 aliphatic carbocycles. The molecule has 33 heavy (non-hydrogen) atoms. The lowest BCUT2D eigenvalue weighted by Crippen LogP contribution is -2.36. The zero-order valence-corrected chi connectivity index (χ0v) is 18.6. The average molecular weight is 462 g/mol. The maximum absolute atomic E-state index is 12.4. The summed E-state index contributed by atoms with van der Waals surface area (Å²) in [5, 5.41) is 11.0. The number of carbonyl (C=O) groups is 3. The highest BCUT2D eigenvalue weighted by atomic mass is 16.9. The largest absolute Gasteiger partial charge is 0.497 e. The molecule has 0 aliphatic heterocycles. The maximum Gasteiger partial charge on any atom is 0.325 e. The molecule has 11 nitrogen and oxygen atoms in total. The summed E-state index contributed by atoms with van der Waals surface area (Å²) in [4.78, 5) is 51.5. The van der Waals surface area contributed by atoms with E-state index in [1.54, 1.807) is 14.0 Å². The van der Waals surface area contributed by atoms with Crippen molar-refractivity contribution in [2.75, 3.05) is 40.5 Å². The molecule has 0 radical (unpaired) electrons. The first-order valence-corrected chi connectivity index (χ1v) is 10.1. The maximum atomic E-state index is 12.4. The molecule has 0 spiro atoms. The number of methoxy groups -OCH3 is 1. The monoisotopic (exact) mass is 462 g/mol. The van der Waals surface area contributed by atoms with Gasteiger partial charge in [-0.2, -0.15) is 0 Å². The molecule has 11 heteroatoms. The molecule has 2 aromatic carbocycles. The van der Waals surface area contributed by atoms with Crippen molar-refractivity contribution in [3.63, 3.8) is 0 Å². The number of nitrogens with zero attached hydrogens (tertiary/aromatic N) is 2. The van der Waals surface area contributed by atoms with Gasteiger partial charge < -0.3 is 23.9 Å². The van der Waals surface area contributed by atoms with E-state index in [2.05, 4.69) is 4.84 Å². The summed E-state index contributed by atoms with van der Waals surface area (Å²) >= 11 is 0. The molecule has 0 heterocycles. The zero-order valence-electron chi connectivity index (χ0n) is 18.6. The Hall–Kier alpha value is -3.89. The third-order valence-corrected chi connectivity index (χ3v) is 4.80. The first-order chi connectivity index (χ1) is 15.7. The second kappa shape index (κ2) is 12.2. The van der Waals surface area contributed by atoms with E-state index >= 15 is 0 Å². The third kappa shape index (κ3) is 7.95. The second-order valence-corrected chi connectivity index (χ2v) is 7.18. The SMILES string of the molecule is COc1ccc2cc([C@H](C)C(=O)OCC(=O)N(C)CC(=O)OCCCO[N+](=O)[O-])ccc2c1. The second-order valence-electron chi connectivity index (χ2n) is 7.18. The zero-order chi connectivity index (χ0) is 24.4. The molecule has 1 amide bonds. The molecule has 0 saturated heterocycles. The van der Waals surface area contributed by atoms with Gasteiger partial charge in [0.1, 0.15) is 12.3 Å². The number of likely N-dealkylation sites (N-methyl/N-ethyl adjacent to an activating group) is 1. The van der Waals surface area contributed by atoms with Crippen LogP contribution in [0.2, 0.25) is 0 Å². The minimum Gasteiger partial charge on any atom is -0.497 e. The molecule has 0 fully saturated rings. The minimum atomic E-state index is -0.937. The Labute approximate surface area is 190 Å². The molecule has 0 aromatic heterocycles. The van der Waals surface area contributed by atoms with Gasteiger partial charge in [-0.05, 0) is 35.4 Å². The van der Waals surface area contributed by atoms with E-state index in [1.165, 1.54) is 7.05 Å². The Balaban J connectivity index is 1.79. The van der Waals surface area contributed by atoms with Crippen molar-refractivity contribution in [1.29, 1.82) is 0 Å². The van der Waals surface area contributed by atoms with Crippen molar-refractivity contribution in [3.8, 4) is 5.75 Å². The Morgan fingerprint density at radius 2 is 1.76 bits per heavy atom. The molecular formula is C22H26N2O9. The first-order valence-electron chi connectivity index (χ1n) is 10.1. The fourth-order valence-electron chi connectivity index (χ4n) is 2.85. The molecule has 2 rings (SSSR count). The van der Waals surface area contributed by atoms with Crippen LogP contribution in [0.5, 0.6) is 5.75 Å². The third-order valence-electron chi connectivity index (χ3n) is 4.80. The molecule has 0 aliphatic rings. The van der Waals surface area contributed by atoms with Gasteiger partial charge in [-0.1, -0.05) is 24.3 Å². The lowest BCUT2D eigenvalue weighted by atomic mass is 9.98. The van der Waals surface area contributed by atoms with Crippen LogP contribution in [0.4, 0.5) is 0 Å². The van der Waals surface area contributed by atoms with Crippen LogP contribution in [-0.2, 0) is 28.7 Å². The van der Waals surface area contributed by atoms with Crippen LogP contribution < -0.4 is 4.74 Å². The fraction of sp³-hybridized carbons (Fsp3) is 0.409. The predicted molar refractivity (Wildman–Crippen MR) is 116 cm³/mol. The Morgan fingerprint density at radius 3 is 2.45 bits per heavy atom. The summed E-state index contributed by atoms with van der Waals surface area (Å²) in [7, 11) is 2.96. The van der Waals surface area contributed by atoms with E-state index in [0.29, 0.717) is 0 Å². The van der Waals surface area contributed by atoms with Gasteiger partial charge in [0.15, 0.2) is 6.61 Å². The van der Waals surface area contributed by atoms with Gasteiger partial charge in [0.2, 0.25) is 0 Å². The summed E-state index contributed by atoms with van der Waals surface area (Å²) in [6.45, 7) is 0.528. The van der Waals surface area contributed by atoms with Gasteiger partial charge in [-0.15, -0.1) is 10.1 Å². The molecule has 0 saturated carbocycles. The topological polar surface area (TPSA) is 135 Å². The van der Waals surface area contributed by atoms with Crippen LogP contribution in [0.15, 0.2) is 36.4 Å². The number of hydrogen-bond acceptors (Lipinski definition) is 9. The van der Waals surface area contributed by atoms with Gasteiger partial charge >= 0.3 is 11.9 Å². The van der Waals surface area contributed by atoms with Crippen molar-refractivity contribution in [2.24, 2.45) is 0 Å². The highest BCUT2D eigenvalue weighted by Crippen LogP contribution is 2.25. The van der Waals surface area contributed by atoms with Crippen molar-refractivity contribution in [2.45, 2.75) is 19.3 Å². The van der Waals surface area contributed by atoms with Crippen LogP contribution in [0, 0.1) is 10.1 Å². The Bertz CT molecular complexity index is 1010. The van der Waals surface area contributed by atoms with Crippen molar-refractivity contribution >= 4 is 28.6 Å². The van der Waals surface area contributed by atoms with Crippen molar-refractivity contribution in [1.82, 2.24) is 4.90 Å². The van der Waals surface area contributed by atoms with Crippen LogP contribution in [0.25, 0.3) is 10.8 Å². The summed E-state index contributed by atoms with van der Waals surface area (Å²) < 4.78 is 15.2. The van der Waals surface area contributed by atoms with Crippen LogP contribution in [-0.4, -0.2) is 68.4 Å². The summed E-state index contributed by atoms with van der Waals surface area (Å²) in [5.41, 5.74) is 0.739. The first kappa shape index (κ1) is 25.4. The average Bonchev–Trinajstić information content (AvgIpc) is 2.80. The van der Waals surface area contributed by atoms with Crippen LogP contribution in [0.1, 0.15) is 24.8 Å². The Morgan fingerprint density at radius 1 is 1.06 bits per heavy atom. The van der Waals surface area contributed by atoms with Crippen LogP contribution in [0.3, 0.4) is 0 Å². The van der Waals surface area contributed by atoms with E-state index in [4.69, 9.17) is 14.2 Å². The van der Waals surface area contributed by atoms with E-state index in [-0.39, 0.29) is 26.2 Å². The standard InChI is InChI=1S/C22H26N2O9/c1-15(16-5-6-18-12-19(30-3)8-7-17(18)11-16)22(27)32-14-20(25)23(2)13-21(26)31-9-4-10-33-24(28)29/h5-8,11-12,15H,4,9-10,13-14H2,1-3H3/t15-/m0/s1. The smallest absolute Gasteiger partial charge is 0.325 e. The van der Waals surface area contributed by atoms with Gasteiger partial charge in [0.25, 0.3) is 11.0 Å². The number of benzene rings is 2. The molecular weight excluding hydrogens is 436 g/mol. The number of rotatable bonds is 12. The normalized spacial score (nSPS) is 11.4.